The van der Waals surface area contributed by atoms with E-state index >= 15 is 0 Å². The summed E-state index contributed by atoms with van der Waals surface area (Å²) in [4.78, 5) is 8.33. The molecule has 0 amide bonds. The lowest BCUT2D eigenvalue weighted by molar-refractivity contribution is 0.136. The van der Waals surface area contributed by atoms with Crippen molar-refractivity contribution in [3.63, 3.8) is 0 Å². The minimum Gasteiger partial charge on any atom is -0.380 e. The Labute approximate surface area is 99.2 Å². The number of aromatic nitrogens is 5. The second kappa shape index (κ2) is 5.53. The third-order valence-electron chi connectivity index (χ3n) is 2.30. The fourth-order valence-corrected chi connectivity index (χ4v) is 1.53. The number of anilines is 1. The van der Waals surface area contributed by atoms with Crippen molar-refractivity contribution in [2.45, 2.75) is 20.4 Å². The van der Waals surface area contributed by atoms with Gasteiger partial charge in [0.25, 0.3) is 0 Å². The monoisotopic (exact) mass is 236 g/mol. The molecule has 7 heteroatoms. The lowest BCUT2D eigenvalue weighted by Crippen LogP contribution is -2.08. The van der Waals surface area contributed by atoms with Crippen molar-refractivity contribution >= 4 is 17.0 Å². The van der Waals surface area contributed by atoms with Crippen molar-refractivity contribution in [2.24, 2.45) is 0 Å². The Morgan fingerprint density at radius 3 is 3.00 bits per heavy atom. The summed E-state index contributed by atoms with van der Waals surface area (Å²) in [6.45, 7) is 6.71. The van der Waals surface area contributed by atoms with Crippen molar-refractivity contribution in [3.05, 3.63) is 6.33 Å². The summed E-state index contributed by atoms with van der Waals surface area (Å²) < 4.78 is 7.02. The van der Waals surface area contributed by atoms with Crippen LogP contribution in [-0.4, -0.2) is 44.7 Å². The van der Waals surface area contributed by atoms with E-state index in [0.29, 0.717) is 25.3 Å². The molecule has 0 bridgehead atoms. The number of hydrogen-bond donors (Lipinski definition) is 1. The smallest absolute Gasteiger partial charge is 0.183 e. The summed E-state index contributed by atoms with van der Waals surface area (Å²) in [7, 11) is 0. The number of hydrogen-bond acceptors (Lipinski definition) is 6. The molecule has 0 aliphatic rings. The zero-order chi connectivity index (χ0) is 12.1. The van der Waals surface area contributed by atoms with E-state index in [-0.39, 0.29) is 0 Å². The minimum atomic E-state index is 0.607. The molecule has 7 nitrogen and oxygen atoms in total. The molecule has 0 aromatic carbocycles. The lowest BCUT2D eigenvalue weighted by Gasteiger charge is -2.03. The van der Waals surface area contributed by atoms with Crippen LogP contribution in [0.25, 0.3) is 11.2 Å². The van der Waals surface area contributed by atoms with E-state index in [9.17, 15) is 0 Å². The standard InChI is InChI=1S/C10H16N6O/c1-3-11-9-8-10(13-7-12-9)16(15-14-8)5-6-17-4-2/h7H,3-6H2,1-2H3,(H,11,12,13). The predicted molar refractivity (Wildman–Crippen MR) is 63.8 cm³/mol. The molecule has 0 aliphatic heterocycles. The number of rotatable bonds is 6. The Bertz CT molecular complexity index is 483. The van der Waals surface area contributed by atoms with Gasteiger partial charge in [0.05, 0.1) is 13.2 Å². The Balaban J connectivity index is 2.24. The van der Waals surface area contributed by atoms with Gasteiger partial charge in [0, 0.05) is 13.2 Å². The van der Waals surface area contributed by atoms with Crippen LogP contribution in [0.4, 0.5) is 5.82 Å². The van der Waals surface area contributed by atoms with Crippen LogP contribution in [0.5, 0.6) is 0 Å². The van der Waals surface area contributed by atoms with E-state index in [0.717, 1.165) is 18.0 Å². The van der Waals surface area contributed by atoms with Crippen molar-refractivity contribution in [3.8, 4) is 0 Å². The van der Waals surface area contributed by atoms with E-state index in [1.165, 1.54) is 6.33 Å². The zero-order valence-corrected chi connectivity index (χ0v) is 10.1. The Kier molecular flexibility index (Phi) is 3.81. The first-order chi connectivity index (χ1) is 8.36. The fraction of sp³-hybridized carbons (Fsp3) is 0.600. The van der Waals surface area contributed by atoms with Crippen LogP contribution in [-0.2, 0) is 11.3 Å². The number of fused-ring (bicyclic) bond motifs is 1. The molecule has 0 spiro atoms. The Morgan fingerprint density at radius 2 is 2.24 bits per heavy atom. The molecular formula is C10H16N6O. The molecule has 0 fully saturated rings. The van der Waals surface area contributed by atoms with E-state index in [4.69, 9.17) is 4.74 Å². The van der Waals surface area contributed by atoms with E-state index in [1.807, 2.05) is 13.8 Å². The quantitative estimate of drug-likeness (QED) is 0.743. The molecule has 0 saturated heterocycles. The van der Waals surface area contributed by atoms with Crippen LogP contribution >= 0.6 is 0 Å². The van der Waals surface area contributed by atoms with E-state index < -0.39 is 0 Å². The topological polar surface area (TPSA) is 77.8 Å². The van der Waals surface area contributed by atoms with Crippen molar-refractivity contribution in [2.75, 3.05) is 25.1 Å². The molecule has 1 N–H and O–H groups in total. The third-order valence-corrected chi connectivity index (χ3v) is 2.30. The highest BCUT2D eigenvalue weighted by Crippen LogP contribution is 2.15. The summed E-state index contributed by atoms with van der Waals surface area (Å²) >= 11 is 0. The van der Waals surface area contributed by atoms with Gasteiger partial charge in [0.15, 0.2) is 17.0 Å². The van der Waals surface area contributed by atoms with Gasteiger partial charge in [-0.2, -0.15) is 0 Å². The van der Waals surface area contributed by atoms with Gasteiger partial charge in [0.2, 0.25) is 0 Å². The SMILES string of the molecule is CCNc1ncnc2c1nnn2CCOCC. The molecule has 2 aromatic heterocycles. The molecule has 92 valence electrons. The van der Waals surface area contributed by atoms with Crippen molar-refractivity contribution in [1.29, 1.82) is 0 Å². The van der Waals surface area contributed by atoms with E-state index in [2.05, 4.69) is 25.6 Å². The summed E-state index contributed by atoms with van der Waals surface area (Å²) in [6, 6.07) is 0. The maximum Gasteiger partial charge on any atom is 0.183 e. The number of nitrogens with zero attached hydrogens (tertiary/aromatic N) is 5. The molecular weight excluding hydrogens is 220 g/mol. The van der Waals surface area contributed by atoms with Crippen LogP contribution < -0.4 is 5.32 Å². The molecule has 0 aliphatic carbocycles. The van der Waals surface area contributed by atoms with Gasteiger partial charge in [-0.3, -0.25) is 0 Å². The van der Waals surface area contributed by atoms with Crippen LogP contribution in [0.1, 0.15) is 13.8 Å². The predicted octanol–water partition coefficient (Wildman–Crippen LogP) is 0.690. The highest BCUT2D eigenvalue weighted by Gasteiger charge is 2.10. The van der Waals surface area contributed by atoms with Crippen molar-refractivity contribution < 1.29 is 4.74 Å². The van der Waals surface area contributed by atoms with Crippen LogP contribution in [0.15, 0.2) is 6.33 Å². The van der Waals surface area contributed by atoms with Gasteiger partial charge in [-0.25, -0.2) is 14.6 Å². The molecule has 17 heavy (non-hydrogen) atoms. The fourth-order valence-electron chi connectivity index (χ4n) is 1.53. The second-order valence-electron chi connectivity index (χ2n) is 3.43. The highest BCUT2D eigenvalue weighted by atomic mass is 16.5. The van der Waals surface area contributed by atoms with Gasteiger partial charge in [-0.05, 0) is 13.8 Å². The highest BCUT2D eigenvalue weighted by molar-refractivity contribution is 5.81. The normalized spacial score (nSPS) is 10.9. The first-order valence-electron chi connectivity index (χ1n) is 5.72. The van der Waals surface area contributed by atoms with Crippen LogP contribution in [0, 0.1) is 0 Å². The molecule has 0 saturated carbocycles. The maximum atomic E-state index is 5.29. The molecule has 2 rings (SSSR count). The van der Waals surface area contributed by atoms with Gasteiger partial charge < -0.3 is 10.1 Å². The molecule has 2 heterocycles. The number of nitrogens with one attached hydrogen (secondary N) is 1. The minimum absolute atomic E-state index is 0.607. The van der Waals surface area contributed by atoms with Gasteiger partial charge >= 0.3 is 0 Å². The Morgan fingerprint density at radius 1 is 1.35 bits per heavy atom. The van der Waals surface area contributed by atoms with Crippen LogP contribution in [0.2, 0.25) is 0 Å². The zero-order valence-electron chi connectivity index (χ0n) is 10.1. The summed E-state index contributed by atoms with van der Waals surface area (Å²) in [5.74, 6) is 0.722. The molecule has 0 unspecified atom stereocenters. The summed E-state index contributed by atoms with van der Waals surface area (Å²) in [5, 5.41) is 11.3. The third kappa shape index (κ3) is 2.50. The lowest BCUT2D eigenvalue weighted by atomic mass is 10.4. The molecule has 0 atom stereocenters. The largest absolute Gasteiger partial charge is 0.380 e. The first kappa shape index (κ1) is 11.7. The molecule has 0 radical (unpaired) electrons. The van der Waals surface area contributed by atoms with Crippen LogP contribution in [0.3, 0.4) is 0 Å². The second-order valence-corrected chi connectivity index (χ2v) is 3.43. The van der Waals surface area contributed by atoms with Gasteiger partial charge in [-0.1, -0.05) is 5.21 Å². The number of ether oxygens (including phenoxy) is 1. The summed E-state index contributed by atoms with van der Waals surface area (Å²) in [6.07, 6.45) is 1.51. The first-order valence-corrected chi connectivity index (χ1v) is 5.72. The van der Waals surface area contributed by atoms with Crippen molar-refractivity contribution in [1.82, 2.24) is 25.0 Å². The van der Waals surface area contributed by atoms with Gasteiger partial charge in [0.1, 0.15) is 6.33 Å². The average Bonchev–Trinajstić information content (AvgIpc) is 2.75. The Hall–Kier alpha value is -1.76. The average molecular weight is 236 g/mol. The summed E-state index contributed by atoms with van der Waals surface area (Å²) in [5.41, 5.74) is 1.43. The molecule has 2 aromatic rings. The van der Waals surface area contributed by atoms with Gasteiger partial charge in [-0.15, -0.1) is 5.10 Å². The maximum absolute atomic E-state index is 5.29. The van der Waals surface area contributed by atoms with E-state index in [1.54, 1.807) is 4.68 Å².